The monoisotopic (exact) mass is 395 g/mol. The molecule has 1 aromatic heterocycles. The average molecular weight is 395 g/mol. The number of rotatable bonds is 5. The zero-order valence-electron chi connectivity index (χ0n) is 16.5. The number of ether oxygens (including phenoxy) is 2. The predicted octanol–water partition coefficient (Wildman–Crippen LogP) is 2.23. The summed E-state index contributed by atoms with van der Waals surface area (Å²) in [5.74, 6) is 1.52. The van der Waals surface area contributed by atoms with E-state index in [-0.39, 0.29) is 30.4 Å². The molecule has 0 radical (unpaired) electrons. The van der Waals surface area contributed by atoms with E-state index in [0.717, 1.165) is 12.8 Å². The van der Waals surface area contributed by atoms with Crippen LogP contribution in [0.1, 0.15) is 23.2 Å². The summed E-state index contributed by atoms with van der Waals surface area (Å²) < 4.78 is 10.9. The normalized spacial score (nSPS) is 20.9. The maximum absolute atomic E-state index is 12.9. The fourth-order valence-corrected chi connectivity index (χ4v) is 4.14. The van der Waals surface area contributed by atoms with Crippen LogP contribution in [0.15, 0.2) is 48.8 Å². The van der Waals surface area contributed by atoms with Crippen molar-refractivity contribution in [1.82, 2.24) is 14.8 Å². The van der Waals surface area contributed by atoms with Crippen molar-refractivity contribution in [1.29, 1.82) is 0 Å². The molecule has 3 saturated heterocycles. The van der Waals surface area contributed by atoms with Crippen molar-refractivity contribution >= 4 is 11.8 Å². The summed E-state index contributed by atoms with van der Waals surface area (Å²) in [6.45, 7) is 1.87. The molecule has 0 spiro atoms. The van der Waals surface area contributed by atoms with Crippen molar-refractivity contribution in [3.05, 3.63) is 54.4 Å². The van der Waals surface area contributed by atoms with Crippen LogP contribution in [0.4, 0.5) is 0 Å². The van der Waals surface area contributed by atoms with Crippen molar-refractivity contribution in [2.24, 2.45) is 5.92 Å². The maximum atomic E-state index is 12.9. The zero-order valence-corrected chi connectivity index (χ0v) is 16.5. The molecule has 7 heteroatoms. The summed E-state index contributed by atoms with van der Waals surface area (Å²) in [7, 11) is 1.59. The third kappa shape index (κ3) is 4.34. The van der Waals surface area contributed by atoms with E-state index in [0.29, 0.717) is 36.7 Å². The van der Waals surface area contributed by atoms with Crippen LogP contribution < -0.4 is 9.47 Å². The number of amides is 2. The van der Waals surface area contributed by atoms with Crippen molar-refractivity contribution in [2.45, 2.75) is 18.9 Å². The molecule has 1 aromatic carbocycles. The minimum absolute atomic E-state index is 0.0167. The number of aromatic nitrogens is 1. The Labute approximate surface area is 170 Å². The van der Waals surface area contributed by atoms with Gasteiger partial charge in [-0.15, -0.1) is 0 Å². The Hall–Kier alpha value is -3.09. The van der Waals surface area contributed by atoms with E-state index in [1.807, 2.05) is 21.9 Å². The highest BCUT2D eigenvalue weighted by atomic mass is 16.5. The van der Waals surface area contributed by atoms with Gasteiger partial charge in [-0.1, -0.05) is 6.07 Å². The summed E-state index contributed by atoms with van der Waals surface area (Å²) in [5, 5.41) is 0. The topological polar surface area (TPSA) is 72.0 Å². The number of fused-ring (bicyclic) bond motifs is 4. The van der Waals surface area contributed by atoms with Crippen LogP contribution in [0.2, 0.25) is 0 Å². The van der Waals surface area contributed by atoms with Gasteiger partial charge in [0.1, 0.15) is 11.5 Å². The van der Waals surface area contributed by atoms with E-state index < -0.39 is 0 Å². The molecule has 0 N–H and O–H groups in total. The molecule has 4 heterocycles. The molecule has 3 fully saturated rings. The maximum Gasteiger partial charge on any atom is 0.260 e. The van der Waals surface area contributed by atoms with Gasteiger partial charge in [0.2, 0.25) is 0 Å². The molecule has 0 saturated carbocycles. The van der Waals surface area contributed by atoms with E-state index in [2.05, 4.69) is 4.98 Å². The highest BCUT2D eigenvalue weighted by Crippen LogP contribution is 2.29. The molecule has 152 valence electrons. The number of hydrogen-bond donors (Lipinski definition) is 0. The molecule has 3 aliphatic heterocycles. The van der Waals surface area contributed by atoms with E-state index in [1.165, 1.54) is 0 Å². The molecule has 0 unspecified atom stereocenters. The molecule has 29 heavy (non-hydrogen) atoms. The number of methoxy groups -OCH3 is 1. The molecule has 2 amide bonds. The van der Waals surface area contributed by atoms with E-state index >= 15 is 0 Å². The Bertz CT molecular complexity index is 873. The van der Waals surface area contributed by atoms with Gasteiger partial charge in [0.25, 0.3) is 11.8 Å². The number of carbonyl (C=O) groups excluding carboxylic acids is 2. The number of benzene rings is 1. The summed E-state index contributed by atoms with van der Waals surface area (Å²) in [4.78, 5) is 33.5. The molecular formula is C22H25N3O4. The fourth-order valence-electron chi connectivity index (χ4n) is 4.14. The van der Waals surface area contributed by atoms with Gasteiger partial charge in [0, 0.05) is 44.1 Å². The van der Waals surface area contributed by atoms with Gasteiger partial charge in [-0.2, -0.15) is 0 Å². The second kappa shape index (κ2) is 8.51. The van der Waals surface area contributed by atoms with Crippen LogP contribution in [0, 0.1) is 5.92 Å². The number of pyridine rings is 1. The van der Waals surface area contributed by atoms with Gasteiger partial charge in [-0.05, 0) is 43.0 Å². The van der Waals surface area contributed by atoms with E-state index in [4.69, 9.17) is 9.47 Å². The minimum atomic E-state index is -0.0433. The Balaban J connectivity index is 1.40. The summed E-state index contributed by atoms with van der Waals surface area (Å²) in [6.07, 6.45) is 5.19. The first kappa shape index (κ1) is 19.2. The number of hydrogen-bond acceptors (Lipinski definition) is 5. The lowest BCUT2D eigenvalue weighted by molar-refractivity contribution is -0.137. The van der Waals surface area contributed by atoms with Crippen molar-refractivity contribution in [2.75, 3.05) is 33.4 Å². The van der Waals surface area contributed by atoms with Gasteiger partial charge in [-0.3, -0.25) is 14.6 Å². The fraction of sp³-hybridized carbons (Fsp3) is 0.409. The lowest BCUT2D eigenvalue weighted by atomic mass is 9.95. The third-order valence-corrected chi connectivity index (χ3v) is 5.63. The summed E-state index contributed by atoms with van der Waals surface area (Å²) in [6, 6.07) is 10.8. The second-order valence-electron chi connectivity index (χ2n) is 7.56. The highest BCUT2D eigenvalue weighted by Gasteiger charge is 2.38. The highest BCUT2D eigenvalue weighted by molar-refractivity contribution is 5.94. The Morgan fingerprint density at radius 1 is 1.10 bits per heavy atom. The average Bonchev–Trinajstić information content (AvgIpc) is 3.10. The van der Waals surface area contributed by atoms with Gasteiger partial charge < -0.3 is 19.3 Å². The first-order valence-electron chi connectivity index (χ1n) is 9.89. The first-order chi connectivity index (χ1) is 14.1. The van der Waals surface area contributed by atoms with Crippen LogP contribution in [-0.2, 0) is 4.79 Å². The number of piperidine rings is 1. The summed E-state index contributed by atoms with van der Waals surface area (Å²) in [5.41, 5.74) is 0.591. The Morgan fingerprint density at radius 2 is 1.97 bits per heavy atom. The second-order valence-corrected chi connectivity index (χ2v) is 7.56. The predicted molar refractivity (Wildman–Crippen MR) is 107 cm³/mol. The minimum Gasteiger partial charge on any atom is -0.497 e. The molecule has 2 atom stereocenters. The number of carbonyl (C=O) groups is 2. The molecule has 7 nitrogen and oxygen atoms in total. The van der Waals surface area contributed by atoms with Gasteiger partial charge in [0.05, 0.1) is 12.7 Å². The van der Waals surface area contributed by atoms with Gasteiger partial charge in [-0.25, -0.2) is 0 Å². The molecule has 5 rings (SSSR count). The zero-order chi connectivity index (χ0) is 20.2. The van der Waals surface area contributed by atoms with Crippen molar-refractivity contribution in [3.63, 3.8) is 0 Å². The smallest absolute Gasteiger partial charge is 0.260 e. The van der Waals surface area contributed by atoms with Crippen LogP contribution in [0.25, 0.3) is 0 Å². The lowest BCUT2D eigenvalue weighted by Crippen LogP contribution is -2.49. The number of nitrogens with zero attached hydrogens (tertiary/aromatic N) is 3. The molecule has 2 bridgehead atoms. The first-order valence-corrected chi connectivity index (χ1v) is 9.89. The van der Waals surface area contributed by atoms with Gasteiger partial charge >= 0.3 is 0 Å². The van der Waals surface area contributed by atoms with Crippen molar-refractivity contribution in [3.8, 4) is 11.5 Å². The quantitative estimate of drug-likeness (QED) is 0.776. The molecular weight excluding hydrogens is 370 g/mol. The molecule has 2 aromatic rings. The molecule has 3 aliphatic rings. The van der Waals surface area contributed by atoms with Crippen LogP contribution in [-0.4, -0.2) is 66.0 Å². The SMILES string of the molecule is COc1cccc(OCC(=O)N2C[C@H]3CC[C@@H]2CN(C(=O)c2cccnc2)C3)c1. The molecule has 0 aliphatic carbocycles. The van der Waals surface area contributed by atoms with Crippen LogP contribution >= 0.6 is 0 Å². The van der Waals surface area contributed by atoms with Crippen LogP contribution in [0.3, 0.4) is 0 Å². The largest absolute Gasteiger partial charge is 0.497 e. The van der Waals surface area contributed by atoms with E-state index in [9.17, 15) is 9.59 Å². The standard InChI is InChI=1S/C22H25N3O4/c1-28-19-5-2-6-20(10-19)29-15-21(26)25-13-16-7-8-18(25)14-24(12-16)22(27)17-4-3-9-23-11-17/h2-6,9-11,16,18H,7-8,12-15H2,1H3/t16-,18+/m0/s1. The van der Waals surface area contributed by atoms with E-state index in [1.54, 1.807) is 43.8 Å². The van der Waals surface area contributed by atoms with Crippen LogP contribution in [0.5, 0.6) is 11.5 Å². The Kier molecular flexibility index (Phi) is 5.64. The Morgan fingerprint density at radius 3 is 2.76 bits per heavy atom. The lowest BCUT2D eigenvalue weighted by Gasteiger charge is -2.36. The van der Waals surface area contributed by atoms with Gasteiger partial charge in [0.15, 0.2) is 6.61 Å². The van der Waals surface area contributed by atoms with Crippen molar-refractivity contribution < 1.29 is 19.1 Å². The summed E-state index contributed by atoms with van der Waals surface area (Å²) >= 11 is 0. The third-order valence-electron chi connectivity index (χ3n) is 5.63.